The van der Waals surface area contributed by atoms with Gasteiger partial charge in [0.05, 0.1) is 0 Å². The Bertz CT molecular complexity index is 469. The number of rotatable bonds is 3. The zero-order valence-electron chi connectivity index (χ0n) is 12.5. The van der Waals surface area contributed by atoms with Crippen molar-refractivity contribution in [3.8, 4) is 0 Å². The van der Waals surface area contributed by atoms with Gasteiger partial charge in [-0.05, 0) is 33.6 Å². The number of piperidine rings is 1. The fourth-order valence-corrected chi connectivity index (χ4v) is 3.71. The third-order valence-corrected chi connectivity index (χ3v) is 5.98. The first-order chi connectivity index (χ1) is 9.07. The maximum atomic E-state index is 12.0. The molecule has 1 fully saturated rings. The van der Waals surface area contributed by atoms with E-state index in [0.29, 0.717) is 6.29 Å². The Balaban J connectivity index is 2.77. The molecule has 0 N–H and O–H groups in total. The van der Waals surface area contributed by atoms with E-state index in [1.54, 1.807) is 20.8 Å². The minimum absolute atomic E-state index is 0.0713. The third-order valence-electron chi connectivity index (χ3n) is 3.48. The van der Waals surface area contributed by atoms with Crippen LogP contribution in [0.1, 0.15) is 40.5 Å². The van der Waals surface area contributed by atoms with Crippen LogP contribution in [-0.4, -0.2) is 54.9 Å². The number of nitrogens with zero attached hydrogens (tertiary/aromatic N) is 1. The predicted octanol–water partition coefficient (Wildman–Crippen LogP) is 1.39. The summed E-state index contributed by atoms with van der Waals surface area (Å²) in [5, 5.41) is 0. The fourth-order valence-electron chi connectivity index (χ4n) is 2.18. The molecule has 0 atom stereocenters. The van der Waals surface area contributed by atoms with Gasteiger partial charge in [-0.15, -0.1) is 0 Å². The lowest BCUT2D eigenvalue weighted by molar-refractivity contribution is -0.111. The van der Waals surface area contributed by atoms with E-state index in [4.69, 9.17) is 4.74 Å². The normalized spacial score (nSPS) is 19.5. The highest BCUT2D eigenvalue weighted by Gasteiger charge is 2.46. The van der Waals surface area contributed by atoms with Gasteiger partial charge in [-0.3, -0.25) is 0 Å². The van der Waals surface area contributed by atoms with Gasteiger partial charge in [0.25, 0.3) is 0 Å². The number of likely N-dealkylation sites (tertiary alicyclic amines) is 1. The number of carbonyl (C=O) groups excluding carboxylic acids is 2. The second-order valence-electron chi connectivity index (χ2n) is 6.05. The molecule has 0 aromatic rings. The summed E-state index contributed by atoms with van der Waals surface area (Å²) >= 11 is 0. The third kappa shape index (κ3) is 3.50. The lowest BCUT2D eigenvalue weighted by Crippen LogP contribution is -2.53. The average Bonchev–Trinajstić information content (AvgIpc) is 2.36. The lowest BCUT2D eigenvalue weighted by Gasteiger charge is -2.37. The number of ether oxygens (including phenoxy) is 1. The molecule has 0 bridgehead atoms. The molecule has 7 heteroatoms. The monoisotopic (exact) mass is 305 g/mol. The van der Waals surface area contributed by atoms with Crippen molar-refractivity contribution in [1.29, 1.82) is 0 Å². The van der Waals surface area contributed by atoms with Crippen LogP contribution < -0.4 is 0 Å². The predicted molar refractivity (Wildman–Crippen MR) is 75.3 cm³/mol. The molecule has 0 aliphatic carbocycles. The summed E-state index contributed by atoms with van der Waals surface area (Å²) in [4.78, 5) is 24.6. The first-order valence-electron chi connectivity index (χ1n) is 6.73. The Morgan fingerprint density at radius 1 is 1.30 bits per heavy atom. The van der Waals surface area contributed by atoms with E-state index in [1.807, 2.05) is 0 Å². The van der Waals surface area contributed by atoms with Crippen molar-refractivity contribution in [2.75, 3.05) is 18.8 Å². The highest BCUT2D eigenvalue weighted by molar-refractivity contribution is 7.93. The van der Waals surface area contributed by atoms with E-state index in [9.17, 15) is 18.0 Å². The van der Waals surface area contributed by atoms with Crippen molar-refractivity contribution in [3.05, 3.63) is 0 Å². The van der Waals surface area contributed by atoms with Gasteiger partial charge in [-0.2, -0.15) is 0 Å². The molecule has 1 saturated heterocycles. The first kappa shape index (κ1) is 16.9. The quantitative estimate of drug-likeness (QED) is 0.736. The van der Waals surface area contributed by atoms with Gasteiger partial charge in [0.15, 0.2) is 9.84 Å². The Hall–Kier alpha value is -1.11. The molecule has 1 aliphatic rings. The van der Waals surface area contributed by atoms with E-state index in [1.165, 1.54) is 11.8 Å². The number of hydrogen-bond donors (Lipinski definition) is 0. The standard InChI is InChI=1S/C13H23NO5S/c1-5-20(17,18)13(10-15)6-8-14(9-7-13)11(16)19-12(2,3)4/h10H,5-9H2,1-4H3. The molecule has 0 unspecified atom stereocenters. The molecule has 20 heavy (non-hydrogen) atoms. The summed E-state index contributed by atoms with van der Waals surface area (Å²) in [5.41, 5.74) is -0.591. The van der Waals surface area contributed by atoms with Crippen molar-refractivity contribution < 1.29 is 22.7 Å². The minimum atomic E-state index is -3.46. The van der Waals surface area contributed by atoms with Gasteiger partial charge in [0.1, 0.15) is 16.6 Å². The summed E-state index contributed by atoms with van der Waals surface area (Å²) in [6.07, 6.45) is 0.321. The molecule has 1 aliphatic heterocycles. The van der Waals surface area contributed by atoms with Gasteiger partial charge >= 0.3 is 6.09 Å². The lowest BCUT2D eigenvalue weighted by atomic mass is 9.97. The summed E-state index contributed by atoms with van der Waals surface area (Å²) in [5.74, 6) is -0.0713. The van der Waals surface area contributed by atoms with Crippen LogP contribution in [0.5, 0.6) is 0 Å². The van der Waals surface area contributed by atoms with Gasteiger partial charge in [-0.25, -0.2) is 13.2 Å². The van der Waals surface area contributed by atoms with Crippen LogP contribution in [0.2, 0.25) is 0 Å². The highest BCUT2D eigenvalue weighted by Crippen LogP contribution is 2.30. The van der Waals surface area contributed by atoms with Crippen LogP contribution in [0.3, 0.4) is 0 Å². The second kappa shape index (κ2) is 5.71. The Labute approximate surface area is 120 Å². The van der Waals surface area contributed by atoms with Gasteiger partial charge in [0, 0.05) is 18.8 Å². The zero-order chi connectivity index (χ0) is 15.6. The summed E-state index contributed by atoms with van der Waals surface area (Å²) < 4.78 is 28.0. The molecule has 1 rings (SSSR count). The van der Waals surface area contributed by atoms with Crippen molar-refractivity contribution in [2.24, 2.45) is 0 Å². The molecular formula is C13H23NO5S. The van der Waals surface area contributed by atoms with E-state index in [0.717, 1.165) is 0 Å². The van der Waals surface area contributed by atoms with Crippen LogP contribution >= 0.6 is 0 Å². The van der Waals surface area contributed by atoms with E-state index in [-0.39, 0.29) is 31.7 Å². The van der Waals surface area contributed by atoms with Crippen LogP contribution in [-0.2, 0) is 19.4 Å². The van der Waals surface area contributed by atoms with Crippen LogP contribution in [0, 0.1) is 0 Å². The maximum Gasteiger partial charge on any atom is 0.410 e. The van der Waals surface area contributed by atoms with E-state index >= 15 is 0 Å². The fraction of sp³-hybridized carbons (Fsp3) is 0.846. The van der Waals surface area contributed by atoms with Crippen molar-refractivity contribution in [1.82, 2.24) is 4.90 Å². The molecule has 116 valence electrons. The molecular weight excluding hydrogens is 282 g/mol. The Kier molecular flexibility index (Phi) is 4.84. The highest BCUT2D eigenvalue weighted by atomic mass is 32.2. The number of aldehydes is 1. The van der Waals surface area contributed by atoms with Gasteiger partial charge in [0.2, 0.25) is 0 Å². The number of amides is 1. The van der Waals surface area contributed by atoms with Gasteiger partial charge < -0.3 is 14.4 Å². The average molecular weight is 305 g/mol. The van der Waals surface area contributed by atoms with Crippen molar-refractivity contribution >= 4 is 22.2 Å². The van der Waals surface area contributed by atoms with Crippen LogP contribution in [0.4, 0.5) is 4.79 Å². The van der Waals surface area contributed by atoms with Crippen LogP contribution in [0.25, 0.3) is 0 Å². The first-order valence-corrected chi connectivity index (χ1v) is 8.39. The Morgan fingerprint density at radius 3 is 2.15 bits per heavy atom. The summed E-state index contributed by atoms with van der Waals surface area (Å²) in [6.45, 7) is 7.27. The molecule has 0 aromatic carbocycles. The largest absolute Gasteiger partial charge is 0.444 e. The second-order valence-corrected chi connectivity index (χ2v) is 8.67. The summed E-state index contributed by atoms with van der Waals surface area (Å²) in [6, 6.07) is 0. The number of hydrogen-bond acceptors (Lipinski definition) is 5. The molecule has 0 radical (unpaired) electrons. The van der Waals surface area contributed by atoms with Crippen molar-refractivity contribution in [2.45, 2.75) is 50.9 Å². The summed E-state index contributed by atoms with van der Waals surface area (Å²) in [7, 11) is -3.46. The Morgan fingerprint density at radius 2 is 1.80 bits per heavy atom. The number of sulfone groups is 1. The van der Waals surface area contributed by atoms with Gasteiger partial charge in [-0.1, -0.05) is 6.92 Å². The minimum Gasteiger partial charge on any atom is -0.444 e. The smallest absolute Gasteiger partial charge is 0.410 e. The molecule has 0 aromatic heterocycles. The number of carbonyl (C=O) groups is 2. The molecule has 0 spiro atoms. The molecule has 6 nitrogen and oxygen atoms in total. The SMILES string of the molecule is CCS(=O)(=O)C1(C=O)CCN(C(=O)OC(C)(C)C)CC1. The van der Waals surface area contributed by atoms with Crippen LogP contribution in [0.15, 0.2) is 0 Å². The van der Waals surface area contributed by atoms with E-state index in [2.05, 4.69) is 0 Å². The molecule has 1 heterocycles. The zero-order valence-corrected chi connectivity index (χ0v) is 13.3. The van der Waals surface area contributed by atoms with E-state index < -0.39 is 26.3 Å². The van der Waals surface area contributed by atoms with Crippen molar-refractivity contribution in [3.63, 3.8) is 0 Å². The molecule has 1 amide bonds. The maximum absolute atomic E-state index is 12.0. The topological polar surface area (TPSA) is 80.8 Å². The molecule has 0 saturated carbocycles.